The highest BCUT2D eigenvalue weighted by molar-refractivity contribution is 5.89. The third-order valence-electron chi connectivity index (χ3n) is 2.48. The molecule has 1 aliphatic carbocycles. The number of benzene rings is 1. The van der Waals surface area contributed by atoms with Gasteiger partial charge in [0.15, 0.2) is 0 Å². The van der Waals surface area contributed by atoms with Crippen LogP contribution in [-0.4, -0.2) is 23.3 Å². The van der Waals surface area contributed by atoms with Crippen molar-refractivity contribution in [3.63, 3.8) is 0 Å². The van der Waals surface area contributed by atoms with Gasteiger partial charge in [0.25, 0.3) is 0 Å². The predicted molar refractivity (Wildman–Crippen MR) is 57.6 cm³/mol. The molecule has 0 atom stereocenters. The zero-order valence-electron chi connectivity index (χ0n) is 8.31. The van der Waals surface area contributed by atoms with Crippen molar-refractivity contribution in [2.45, 2.75) is 25.0 Å². The molecule has 2 amide bonds. The summed E-state index contributed by atoms with van der Waals surface area (Å²) in [6.45, 7) is 0. The highest BCUT2D eigenvalue weighted by Gasteiger charge is 2.28. The molecule has 0 saturated heterocycles. The lowest BCUT2D eigenvalue weighted by atomic mass is 9.90. The second-order valence-corrected chi connectivity index (χ2v) is 3.79. The van der Waals surface area contributed by atoms with E-state index in [1.165, 1.54) is 0 Å². The fourth-order valence-corrected chi connectivity index (χ4v) is 1.58. The molecule has 0 aromatic heterocycles. The van der Waals surface area contributed by atoms with Crippen molar-refractivity contribution < 1.29 is 9.90 Å². The molecular formula is C11H14N2O2. The first-order valence-corrected chi connectivity index (χ1v) is 5.04. The van der Waals surface area contributed by atoms with E-state index < -0.39 is 0 Å². The molecule has 0 bridgehead atoms. The number of amides is 2. The van der Waals surface area contributed by atoms with Crippen LogP contribution in [0, 0.1) is 0 Å². The topological polar surface area (TPSA) is 61.4 Å². The van der Waals surface area contributed by atoms with E-state index in [4.69, 9.17) is 5.11 Å². The van der Waals surface area contributed by atoms with Crippen molar-refractivity contribution in [3.05, 3.63) is 30.3 Å². The van der Waals surface area contributed by atoms with Gasteiger partial charge in [-0.25, -0.2) is 4.79 Å². The van der Waals surface area contributed by atoms with Crippen LogP contribution in [0.5, 0.6) is 0 Å². The maximum absolute atomic E-state index is 11.4. The molecule has 2 rings (SSSR count). The first-order chi connectivity index (χ1) is 7.24. The van der Waals surface area contributed by atoms with Gasteiger partial charge in [-0.15, -0.1) is 0 Å². The van der Waals surface area contributed by atoms with Gasteiger partial charge in [-0.1, -0.05) is 18.2 Å². The van der Waals surface area contributed by atoms with Crippen molar-refractivity contribution in [1.82, 2.24) is 5.32 Å². The number of para-hydroxylation sites is 1. The highest BCUT2D eigenvalue weighted by atomic mass is 16.3. The van der Waals surface area contributed by atoms with Gasteiger partial charge < -0.3 is 15.7 Å². The number of rotatable bonds is 2. The second-order valence-electron chi connectivity index (χ2n) is 3.79. The number of nitrogens with one attached hydrogen (secondary N) is 2. The van der Waals surface area contributed by atoms with E-state index in [9.17, 15) is 4.79 Å². The van der Waals surface area contributed by atoms with E-state index >= 15 is 0 Å². The lowest BCUT2D eigenvalue weighted by molar-refractivity contribution is 0.0671. The minimum Gasteiger partial charge on any atom is -0.393 e. The molecule has 0 radical (unpaired) electrons. The van der Waals surface area contributed by atoms with Gasteiger partial charge in [-0.2, -0.15) is 0 Å². The molecule has 1 fully saturated rings. The largest absolute Gasteiger partial charge is 0.393 e. The van der Waals surface area contributed by atoms with Crippen LogP contribution >= 0.6 is 0 Å². The first kappa shape index (κ1) is 9.98. The molecule has 1 aromatic carbocycles. The van der Waals surface area contributed by atoms with Gasteiger partial charge in [-0.05, 0) is 25.0 Å². The summed E-state index contributed by atoms with van der Waals surface area (Å²) in [5.74, 6) is 0. The monoisotopic (exact) mass is 206 g/mol. The van der Waals surface area contributed by atoms with E-state index in [1.54, 1.807) is 0 Å². The van der Waals surface area contributed by atoms with Gasteiger partial charge >= 0.3 is 6.03 Å². The van der Waals surface area contributed by atoms with Crippen LogP contribution in [0.25, 0.3) is 0 Å². The van der Waals surface area contributed by atoms with Crippen LogP contribution in [-0.2, 0) is 0 Å². The Balaban J connectivity index is 1.78. The Hall–Kier alpha value is -1.55. The number of carbonyl (C=O) groups is 1. The molecule has 3 N–H and O–H groups in total. The number of aliphatic hydroxyl groups is 1. The Morgan fingerprint density at radius 2 is 1.93 bits per heavy atom. The molecule has 0 aliphatic heterocycles. The van der Waals surface area contributed by atoms with Gasteiger partial charge in [0.2, 0.25) is 0 Å². The summed E-state index contributed by atoms with van der Waals surface area (Å²) < 4.78 is 0. The number of urea groups is 1. The summed E-state index contributed by atoms with van der Waals surface area (Å²) in [7, 11) is 0. The Kier molecular flexibility index (Phi) is 2.87. The third kappa shape index (κ3) is 2.70. The molecular weight excluding hydrogens is 192 g/mol. The molecule has 4 nitrogen and oxygen atoms in total. The third-order valence-corrected chi connectivity index (χ3v) is 2.48. The van der Waals surface area contributed by atoms with Gasteiger partial charge in [0, 0.05) is 11.7 Å². The van der Waals surface area contributed by atoms with Crippen LogP contribution in [0.3, 0.4) is 0 Å². The van der Waals surface area contributed by atoms with E-state index in [1.807, 2.05) is 30.3 Å². The Morgan fingerprint density at radius 1 is 1.27 bits per heavy atom. The molecule has 1 aromatic rings. The quantitative estimate of drug-likeness (QED) is 0.683. The van der Waals surface area contributed by atoms with Gasteiger partial charge in [0.1, 0.15) is 0 Å². The summed E-state index contributed by atoms with van der Waals surface area (Å²) in [5, 5.41) is 14.6. The molecule has 1 saturated carbocycles. The maximum atomic E-state index is 11.4. The van der Waals surface area contributed by atoms with E-state index in [-0.39, 0.29) is 18.2 Å². The lowest BCUT2D eigenvalue weighted by Crippen LogP contribution is -2.48. The Bertz CT molecular complexity index is 334. The minimum atomic E-state index is -0.243. The SMILES string of the molecule is O=C(Nc1ccccc1)NC1CC(O)C1. The zero-order chi connectivity index (χ0) is 10.7. The van der Waals surface area contributed by atoms with Gasteiger partial charge in [-0.3, -0.25) is 0 Å². The van der Waals surface area contributed by atoms with Crippen LogP contribution in [0.4, 0.5) is 10.5 Å². The van der Waals surface area contributed by atoms with Crippen molar-refractivity contribution in [2.24, 2.45) is 0 Å². The summed E-state index contributed by atoms with van der Waals surface area (Å²) in [6, 6.07) is 9.18. The summed E-state index contributed by atoms with van der Waals surface area (Å²) >= 11 is 0. The molecule has 80 valence electrons. The van der Waals surface area contributed by atoms with Crippen LogP contribution in [0.1, 0.15) is 12.8 Å². The second kappa shape index (κ2) is 4.31. The maximum Gasteiger partial charge on any atom is 0.319 e. The fourth-order valence-electron chi connectivity index (χ4n) is 1.58. The Morgan fingerprint density at radius 3 is 2.53 bits per heavy atom. The average molecular weight is 206 g/mol. The molecule has 0 spiro atoms. The fraction of sp³-hybridized carbons (Fsp3) is 0.364. The van der Waals surface area contributed by atoms with Crippen molar-refractivity contribution in [3.8, 4) is 0 Å². The Labute approximate surface area is 88.3 Å². The number of hydrogen-bond donors (Lipinski definition) is 3. The molecule has 1 aliphatic rings. The smallest absolute Gasteiger partial charge is 0.319 e. The minimum absolute atomic E-state index is 0.115. The van der Waals surface area contributed by atoms with Crippen molar-refractivity contribution in [2.75, 3.05) is 5.32 Å². The molecule has 0 heterocycles. The van der Waals surface area contributed by atoms with E-state index in [0.29, 0.717) is 12.8 Å². The van der Waals surface area contributed by atoms with Crippen LogP contribution in [0.15, 0.2) is 30.3 Å². The molecule has 4 heteroatoms. The standard InChI is InChI=1S/C11H14N2O2/c14-10-6-9(7-10)13-11(15)12-8-4-2-1-3-5-8/h1-5,9-10,14H,6-7H2,(H2,12,13,15). The number of hydrogen-bond acceptors (Lipinski definition) is 2. The molecule has 15 heavy (non-hydrogen) atoms. The normalized spacial score (nSPS) is 24.1. The summed E-state index contributed by atoms with van der Waals surface area (Å²) in [6.07, 6.45) is 1.07. The van der Waals surface area contributed by atoms with Crippen molar-refractivity contribution in [1.29, 1.82) is 0 Å². The van der Waals surface area contributed by atoms with E-state index in [2.05, 4.69) is 10.6 Å². The van der Waals surface area contributed by atoms with Crippen molar-refractivity contribution >= 4 is 11.7 Å². The van der Waals surface area contributed by atoms with Crippen LogP contribution < -0.4 is 10.6 Å². The predicted octanol–water partition coefficient (Wildman–Crippen LogP) is 1.33. The zero-order valence-corrected chi connectivity index (χ0v) is 8.31. The highest BCUT2D eigenvalue weighted by Crippen LogP contribution is 2.19. The number of anilines is 1. The summed E-state index contributed by atoms with van der Waals surface area (Å²) in [5.41, 5.74) is 0.773. The van der Waals surface area contributed by atoms with E-state index in [0.717, 1.165) is 5.69 Å². The van der Waals surface area contributed by atoms with Gasteiger partial charge in [0.05, 0.1) is 6.10 Å². The first-order valence-electron chi connectivity index (χ1n) is 5.04. The number of carbonyl (C=O) groups excluding carboxylic acids is 1. The summed E-state index contributed by atoms with van der Waals surface area (Å²) in [4.78, 5) is 11.4. The molecule has 0 unspecified atom stereocenters. The number of aliphatic hydroxyl groups excluding tert-OH is 1. The van der Waals surface area contributed by atoms with Crippen LogP contribution in [0.2, 0.25) is 0 Å². The lowest BCUT2D eigenvalue weighted by Gasteiger charge is -2.31. The average Bonchev–Trinajstić information content (AvgIpc) is 2.17.